The van der Waals surface area contributed by atoms with Crippen molar-refractivity contribution >= 4 is 11.4 Å². The lowest BCUT2D eigenvalue weighted by molar-refractivity contribution is 0.0645. The molecule has 1 aromatic carbocycles. The summed E-state index contributed by atoms with van der Waals surface area (Å²) in [5, 5.41) is 4.31. The Morgan fingerprint density at radius 1 is 1.25 bits per heavy atom. The summed E-state index contributed by atoms with van der Waals surface area (Å²) in [4.78, 5) is 15.0. The van der Waals surface area contributed by atoms with Crippen molar-refractivity contribution in [1.82, 2.24) is 14.5 Å². The van der Waals surface area contributed by atoms with Crippen LogP contribution in [0.15, 0.2) is 48.8 Å². The first kappa shape index (κ1) is 14.8. The first-order valence-electron chi connectivity index (χ1n) is 8.13. The fraction of sp³-hybridized carbons (Fsp3) is 0.263. The maximum Gasteiger partial charge on any atom is 0.258 e. The van der Waals surface area contributed by atoms with Crippen LogP contribution in [0.3, 0.4) is 0 Å². The number of rotatable bonds is 4. The van der Waals surface area contributed by atoms with E-state index in [0.717, 1.165) is 28.8 Å². The molecule has 1 aliphatic heterocycles. The zero-order valence-corrected chi connectivity index (χ0v) is 13.8. The molecule has 1 atom stereocenters. The predicted molar refractivity (Wildman–Crippen MR) is 91.1 cm³/mol. The van der Waals surface area contributed by atoms with E-state index in [4.69, 9.17) is 4.74 Å². The van der Waals surface area contributed by atoms with Crippen LogP contribution >= 0.6 is 0 Å². The molecule has 0 N–H and O–H groups in total. The van der Waals surface area contributed by atoms with E-state index in [0.29, 0.717) is 12.1 Å². The molecular formula is C19H19N3O2. The number of pyridine rings is 1. The quantitative estimate of drug-likeness (QED) is 0.739. The van der Waals surface area contributed by atoms with E-state index < -0.39 is 0 Å². The molecular weight excluding hydrogens is 302 g/mol. The molecule has 3 aromatic rings. The van der Waals surface area contributed by atoms with Crippen LogP contribution in [-0.2, 0) is 6.54 Å². The second-order valence-corrected chi connectivity index (χ2v) is 6.02. The molecule has 1 amide bonds. The largest absolute Gasteiger partial charge is 0.497 e. The van der Waals surface area contributed by atoms with Gasteiger partial charge in [0.1, 0.15) is 5.75 Å². The molecule has 0 aliphatic carbocycles. The zero-order valence-electron chi connectivity index (χ0n) is 13.8. The van der Waals surface area contributed by atoms with Crippen LogP contribution in [0.2, 0.25) is 0 Å². The average Bonchev–Trinajstić information content (AvgIpc) is 3.06. The standard InChI is InChI=1S/C19H19N3O2/c1-3-17(13-6-8-15(24-2)9-7-13)21-12-14-5-4-10-22-18(14)16(11-20-22)19(21)23/h4-11,17H,3,12H2,1-2H3. The van der Waals surface area contributed by atoms with Gasteiger partial charge >= 0.3 is 0 Å². The summed E-state index contributed by atoms with van der Waals surface area (Å²) >= 11 is 0. The fourth-order valence-electron chi connectivity index (χ4n) is 3.52. The van der Waals surface area contributed by atoms with Crippen LogP contribution in [0, 0.1) is 0 Å². The number of hydrogen-bond acceptors (Lipinski definition) is 3. The van der Waals surface area contributed by atoms with E-state index in [-0.39, 0.29) is 11.9 Å². The monoisotopic (exact) mass is 321 g/mol. The Morgan fingerprint density at radius 2 is 2.04 bits per heavy atom. The van der Waals surface area contributed by atoms with Gasteiger partial charge in [-0.2, -0.15) is 5.10 Å². The van der Waals surface area contributed by atoms with Crippen molar-refractivity contribution in [2.45, 2.75) is 25.9 Å². The highest BCUT2D eigenvalue weighted by Gasteiger charge is 2.32. The fourth-order valence-corrected chi connectivity index (χ4v) is 3.52. The van der Waals surface area contributed by atoms with Gasteiger partial charge in [-0.1, -0.05) is 25.1 Å². The van der Waals surface area contributed by atoms with Gasteiger partial charge in [0.05, 0.1) is 30.4 Å². The van der Waals surface area contributed by atoms with E-state index >= 15 is 0 Å². The maximum atomic E-state index is 13.0. The van der Waals surface area contributed by atoms with E-state index in [1.165, 1.54) is 0 Å². The Morgan fingerprint density at radius 3 is 2.75 bits per heavy atom. The first-order chi connectivity index (χ1) is 11.7. The van der Waals surface area contributed by atoms with Crippen LogP contribution < -0.4 is 4.74 Å². The molecule has 24 heavy (non-hydrogen) atoms. The number of methoxy groups -OCH3 is 1. The normalized spacial score (nSPS) is 14.9. The number of carbonyl (C=O) groups excluding carboxylic acids is 1. The minimum Gasteiger partial charge on any atom is -0.497 e. The highest BCUT2D eigenvalue weighted by atomic mass is 16.5. The molecule has 0 saturated carbocycles. The van der Waals surface area contributed by atoms with Crippen molar-refractivity contribution in [1.29, 1.82) is 0 Å². The summed E-state index contributed by atoms with van der Waals surface area (Å²) in [6, 6.07) is 12.0. The molecule has 5 heteroatoms. The number of nitrogens with zero attached hydrogens (tertiary/aromatic N) is 3. The minimum atomic E-state index is 0.0340. The third-order valence-electron chi connectivity index (χ3n) is 4.72. The van der Waals surface area contributed by atoms with Gasteiger partial charge in [0.25, 0.3) is 5.91 Å². The van der Waals surface area contributed by atoms with Crippen molar-refractivity contribution in [3.05, 3.63) is 65.5 Å². The van der Waals surface area contributed by atoms with Crippen molar-refractivity contribution in [3.8, 4) is 5.75 Å². The second kappa shape index (κ2) is 5.67. The number of ether oxygens (including phenoxy) is 1. The summed E-state index contributed by atoms with van der Waals surface area (Å²) in [6.07, 6.45) is 4.41. The van der Waals surface area contributed by atoms with Gasteiger partial charge in [-0.15, -0.1) is 0 Å². The number of hydrogen-bond donors (Lipinski definition) is 0. The van der Waals surface area contributed by atoms with Gasteiger partial charge in [-0.05, 0) is 35.7 Å². The molecule has 5 nitrogen and oxygen atoms in total. The van der Waals surface area contributed by atoms with Gasteiger partial charge in [-0.25, -0.2) is 4.52 Å². The van der Waals surface area contributed by atoms with Crippen LogP contribution in [0.25, 0.3) is 5.52 Å². The first-order valence-corrected chi connectivity index (χ1v) is 8.13. The van der Waals surface area contributed by atoms with Crippen LogP contribution in [-0.4, -0.2) is 27.5 Å². The lowest BCUT2D eigenvalue weighted by Crippen LogP contribution is -2.36. The Hall–Kier alpha value is -2.82. The van der Waals surface area contributed by atoms with Crippen LogP contribution in [0.4, 0.5) is 0 Å². The molecule has 0 bridgehead atoms. The van der Waals surface area contributed by atoms with E-state index in [9.17, 15) is 4.79 Å². The molecule has 0 fully saturated rings. The molecule has 2 aromatic heterocycles. The highest BCUT2D eigenvalue weighted by molar-refractivity contribution is 6.03. The number of aromatic nitrogens is 2. The van der Waals surface area contributed by atoms with Gasteiger partial charge in [-0.3, -0.25) is 4.79 Å². The van der Waals surface area contributed by atoms with Crippen molar-refractivity contribution in [2.24, 2.45) is 0 Å². The van der Waals surface area contributed by atoms with Crippen molar-refractivity contribution in [3.63, 3.8) is 0 Å². The van der Waals surface area contributed by atoms with Crippen molar-refractivity contribution < 1.29 is 9.53 Å². The summed E-state index contributed by atoms with van der Waals surface area (Å²) < 4.78 is 7.02. The van der Waals surface area contributed by atoms with Gasteiger partial charge in [0.2, 0.25) is 0 Å². The predicted octanol–water partition coefficient (Wildman–Crippen LogP) is 3.45. The lowest BCUT2D eigenvalue weighted by Gasteiger charge is -2.34. The molecule has 4 rings (SSSR count). The minimum absolute atomic E-state index is 0.0340. The highest BCUT2D eigenvalue weighted by Crippen LogP contribution is 2.34. The Bertz CT molecular complexity index is 899. The summed E-state index contributed by atoms with van der Waals surface area (Å²) in [7, 11) is 1.66. The van der Waals surface area contributed by atoms with E-state index in [1.54, 1.807) is 17.8 Å². The third kappa shape index (κ3) is 2.16. The third-order valence-corrected chi connectivity index (χ3v) is 4.72. The number of benzene rings is 1. The van der Waals surface area contributed by atoms with Gasteiger partial charge < -0.3 is 9.64 Å². The van der Waals surface area contributed by atoms with Gasteiger partial charge in [0, 0.05) is 12.7 Å². The molecule has 0 spiro atoms. The second-order valence-electron chi connectivity index (χ2n) is 6.02. The number of amides is 1. The van der Waals surface area contributed by atoms with Crippen LogP contribution in [0.1, 0.15) is 40.9 Å². The van der Waals surface area contributed by atoms with E-state index in [1.807, 2.05) is 41.4 Å². The van der Waals surface area contributed by atoms with Gasteiger partial charge in [0.15, 0.2) is 0 Å². The molecule has 1 unspecified atom stereocenters. The molecule has 1 aliphatic rings. The molecule has 3 heterocycles. The Labute approximate surface area is 140 Å². The Kier molecular flexibility index (Phi) is 3.49. The molecule has 122 valence electrons. The smallest absolute Gasteiger partial charge is 0.258 e. The summed E-state index contributed by atoms with van der Waals surface area (Å²) in [5.74, 6) is 0.869. The maximum absolute atomic E-state index is 13.0. The summed E-state index contributed by atoms with van der Waals surface area (Å²) in [5.41, 5.74) is 3.87. The summed E-state index contributed by atoms with van der Waals surface area (Å²) in [6.45, 7) is 2.71. The zero-order chi connectivity index (χ0) is 16.7. The average molecular weight is 321 g/mol. The van der Waals surface area contributed by atoms with Crippen LogP contribution in [0.5, 0.6) is 5.75 Å². The Balaban J connectivity index is 1.74. The number of carbonyl (C=O) groups is 1. The topological polar surface area (TPSA) is 46.8 Å². The lowest BCUT2D eigenvalue weighted by atomic mass is 9.97. The SMILES string of the molecule is CCC(c1ccc(OC)cc1)N1Cc2cccn3ncc(c23)C1=O. The molecule has 0 radical (unpaired) electrons. The van der Waals surface area contributed by atoms with Crippen molar-refractivity contribution in [2.75, 3.05) is 7.11 Å². The van der Waals surface area contributed by atoms with E-state index in [2.05, 4.69) is 18.1 Å². The molecule has 0 saturated heterocycles.